The number of carboxylic acids is 1. The van der Waals surface area contributed by atoms with Crippen molar-refractivity contribution in [3.8, 4) is 0 Å². The third-order valence-corrected chi connectivity index (χ3v) is 4.92. The van der Waals surface area contributed by atoms with Gasteiger partial charge in [0.05, 0.1) is 23.9 Å². The van der Waals surface area contributed by atoms with Crippen molar-refractivity contribution in [2.45, 2.75) is 25.8 Å². The highest BCUT2D eigenvalue weighted by Gasteiger charge is 2.21. The molecule has 0 bridgehead atoms. The molecule has 29 heavy (non-hydrogen) atoms. The molecule has 1 aromatic heterocycles. The average Bonchev–Trinajstić information content (AvgIpc) is 3.50. The zero-order chi connectivity index (χ0) is 21.0. The minimum absolute atomic E-state index is 0.0307. The van der Waals surface area contributed by atoms with E-state index in [4.69, 9.17) is 0 Å². The van der Waals surface area contributed by atoms with E-state index in [1.54, 1.807) is 13.2 Å². The van der Waals surface area contributed by atoms with E-state index in [0.29, 0.717) is 11.7 Å². The van der Waals surface area contributed by atoms with Crippen molar-refractivity contribution in [3.05, 3.63) is 57.2 Å². The Morgan fingerprint density at radius 1 is 1.28 bits per heavy atom. The molecule has 0 aliphatic heterocycles. The molecule has 0 amide bonds. The van der Waals surface area contributed by atoms with Crippen molar-refractivity contribution < 1.29 is 19.1 Å². The van der Waals surface area contributed by atoms with Crippen molar-refractivity contribution in [2.75, 3.05) is 12.4 Å². The molecule has 1 saturated carbocycles. The summed E-state index contributed by atoms with van der Waals surface area (Å²) in [5.41, 5.74) is 4.26. The van der Waals surface area contributed by atoms with E-state index >= 15 is 0 Å². The summed E-state index contributed by atoms with van der Waals surface area (Å²) >= 11 is 2.17. The number of carbonyl (C=O) groups is 1. The lowest BCUT2D eigenvalue weighted by Crippen LogP contribution is -2.12. The van der Waals surface area contributed by atoms with Gasteiger partial charge >= 0.3 is 5.97 Å². The fourth-order valence-corrected chi connectivity index (χ4v) is 3.28. The Bertz CT molecular complexity index is 1040. The van der Waals surface area contributed by atoms with Gasteiger partial charge in [-0.1, -0.05) is 0 Å². The van der Waals surface area contributed by atoms with Crippen LogP contribution in [0.3, 0.4) is 0 Å². The third kappa shape index (κ3) is 5.37. The minimum Gasteiger partial charge on any atom is -0.478 e. The summed E-state index contributed by atoms with van der Waals surface area (Å²) in [5, 5.41) is 12.3. The zero-order valence-electron chi connectivity index (χ0n) is 15.9. The van der Waals surface area contributed by atoms with Crippen LogP contribution in [-0.2, 0) is 4.84 Å². The highest BCUT2D eigenvalue weighted by molar-refractivity contribution is 14.1. The molecule has 3 aromatic rings. The average molecular weight is 510 g/mol. The maximum atomic E-state index is 14.8. The Kier molecular flexibility index (Phi) is 6.93. The predicted molar refractivity (Wildman–Crippen MR) is 117 cm³/mol. The second-order valence-corrected chi connectivity index (χ2v) is 7.77. The first-order chi connectivity index (χ1) is 13.9. The van der Waals surface area contributed by atoms with Crippen molar-refractivity contribution in [3.63, 3.8) is 0 Å². The van der Waals surface area contributed by atoms with Gasteiger partial charge in [-0.25, -0.2) is 14.2 Å². The van der Waals surface area contributed by atoms with Gasteiger partial charge in [0, 0.05) is 27.7 Å². The van der Waals surface area contributed by atoms with Gasteiger partial charge in [-0.3, -0.25) is 4.98 Å². The number of fused-ring (bicyclic) bond motifs is 1. The Labute approximate surface area is 180 Å². The van der Waals surface area contributed by atoms with Crippen LogP contribution in [0.2, 0.25) is 0 Å². The van der Waals surface area contributed by atoms with Gasteiger partial charge in [-0.2, -0.15) is 5.48 Å². The Balaban J connectivity index is 0.000000343. The van der Waals surface area contributed by atoms with E-state index in [-0.39, 0.29) is 22.3 Å². The number of hydrogen-bond acceptors (Lipinski definition) is 6. The van der Waals surface area contributed by atoms with Crippen molar-refractivity contribution in [2.24, 2.45) is 0 Å². The van der Waals surface area contributed by atoms with Crippen LogP contribution in [0.5, 0.6) is 0 Å². The van der Waals surface area contributed by atoms with Gasteiger partial charge in [0.25, 0.3) is 0 Å². The highest BCUT2D eigenvalue weighted by atomic mass is 127. The molecule has 0 atom stereocenters. The number of aromatic carboxylic acids is 1. The molecule has 0 saturated heterocycles. The topological polar surface area (TPSA) is 96.4 Å². The zero-order valence-corrected chi connectivity index (χ0v) is 18.0. The number of benzene rings is 2. The number of halogens is 2. The van der Waals surface area contributed by atoms with E-state index in [1.807, 2.05) is 19.1 Å². The van der Waals surface area contributed by atoms with Crippen LogP contribution in [-0.4, -0.2) is 34.2 Å². The van der Waals surface area contributed by atoms with Crippen molar-refractivity contribution in [1.82, 2.24) is 15.4 Å². The molecule has 1 fully saturated rings. The summed E-state index contributed by atoms with van der Waals surface area (Å²) in [5.74, 6) is -1.96. The van der Waals surface area contributed by atoms with Gasteiger partial charge in [0.1, 0.15) is 5.52 Å². The van der Waals surface area contributed by atoms with Crippen LogP contribution < -0.4 is 10.8 Å². The van der Waals surface area contributed by atoms with E-state index in [2.05, 4.69) is 48.2 Å². The monoisotopic (exact) mass is 510 g/mol. The van der Waals surface area contributed by atoms with Crippen LogP contribution >= 0.6 is 22.6 Å². The second-order valence-electron chi connectivity index (χ2n) is 6.52. The Morgan fingerprint density at radius 3 is 2.59 bits per heavy atom. The summed E-state index contributed by atoms with van der Waals surface area (Å²) in [4.78, 5) is 24.0. The number of aryl methyl sites for hydroxylation is 1. The molecule has 4 rings (SSSR count). The van der Waals surface area contributed by atoms with E-state index in [0.717, 1.165) is 9.13 Å². The maximum absolute atomic E-state index is 14.8. The quantitative estimate of drug-likeness (QED) is 0.346. The number of carboxylic acid groups (broad SMARTS) is 1. The van der Waals surface area contributed by atoms with Crippen LogP contribution in [0.1, 0.15) is 28.8 Å². The fraction of sp³-hybridized carbons (Fsp3) is 0.250. The standard InChI is InChI=1S/C16H11FIN3O2.C4H9NO/c1-8-6-9(18)2-3-11(8)21-14-10(16(22)23)7-12-15(13(14)17)20-5-4-19-12;1-6-5-4-2-3-4/h2-7,21H,1H3,(H,22,23);4-5H,2-3H2,1H3. The van der Waals surface area contributed by atoms with Crippen LogP contribution in [0, 0.1) is 16.3 Å². The first kappa shape index (κ1) is 21.3. The van der Waals surface area contributed by atoms with Gasteiger partial charge in [0.2, 0.25) is 0 Å². The third-order valence-electron chi connectivity index (χ3n) is 4.24. The summed E-state index contributed by atoms with van der Waals surface area (Å²) < 4.78 is 15.8. The van der Waals surface area contributed by atoms with E-state index < -0.39 is 11.8 Å². The molecule has 9 heteroatoms. The highest BCUT2D eigenvalue weighted by Crippen LogP contribution is 2.31. The maximum Gasteiger partial charge on any atom is 0.338 e. The number of nitrogens with zero attached hydrogens (tertiary/aromatic N) is 2. The number of rotatable bonds is 5. The molecule has 152 valence electrons. The molecular weight excluding hydrogens is 490 g/mol. The molecule has 0 radical (unpaired) electrons. The Morgan fingerprint density at radius 2 is 2.00 bits per heavy atom. The fourth-order valence-electron chi connectivity index (χ4n) is 2.63. The molecule has 1 aliphatic carbocycles. The van der Waals surface area contributed by atoms with Crippen LogP contribution in [0.25, 0.3) is 11.0 Å². The molecule has 3 N–H and O–H groups in total. The summed E-state index contributed by atoms with van der Waals surface area (Å²) in [6.07, 6.45) is 5.33. The largest absolute Gasteiger partial charge is 0.478 e. The number of anilines is 2. The molecule has 7 nitrogen and oxygen atoms in total. The van der Waals surface area contributed by atoms with E-state index in [1.165, 1.54) is 31.3 Å². The van der Waals surface area contributed by atoms with Crippen LogP contribution in [0.15, 0.2) is 36.7 Å². The van der Waals surface area contributed by atoms with Crippen molar-refractivity contribution >= 4 is 51.0 Å². The van der Waals surface area contributed by atoms with E-state index in [9.17, 15) is 14.3 Å². The smallest absolute Gasteiger partial charge is 0.338 e. The number of nitrogens with one attached hydrogen (secondary N) is 2. The lowest BCUT2D eigenvalue weighted by Gasteiger charge is -2.14. The molecule has 0 spiro atoms. The lowest BCUT2D eigenvalue weighted by molar-refractivity contribution is 0.0697. The molecular formula is C20H20FIN4O3. The number of hydroxylamine groups is 1. The normalized spacial score (nSPS) is 13.0. The second kappa shape index (κ2) is 9.42. The van der Waals surface area contributed by atoms with Gasteiger partial charge in [0.15, 0.2) is 5.82 Å². The number of aromatic nitrogens is 2. The van der Waals surface area contributed by atoms with Crippen molar-refractivity contribution in [1.29, 1.82) is 0 Å². The SMILES string of the molecule is CONC1CC1.Cc1cc(I)ccc1Nc1c(C(=O)O)cc2nccnc2c1F. The lowest BCUT2D eigenvalue weighted by atomic mass is 10.1. The molecule has 1 heterocycles. The predicted octanol–water partition coefficient (Wildman–Crippen LogP) is 4.42. The minimum atomic E-state index is -1.23. The van der Waals surface area contributed by atoms with Gasteiger partial charge in [-0.15, -0.1) is 0 Å². The van der Waals surface area contributed by atoms with Gasteiger partial charge < -0.3 is 15.3 Å². The molecule has 1 aliphatic rings. The summed E-state index contributed by atoms with van der Waals surface area (Å²) in [7, 11) is 1.65. The van der Waals surface area contributed by atoms with Crippen LogP contribution in [0.4, 0.5) is 15.8 Å². The molecule has 2 aromatic carbocycles. The van der Waals surface area contributed by atoms with Gasteiger partial charge in [-0.05, 0) is 72.2 Å². The number of hydrogen-bond donors (Lipinski definition) is 3. The Hall–Kier alpha value is -2.37. The summed E-state index contributed by atoms with van der Waals surface area (Å²) in [6, 6.07) is 7.55. The first-order valence-electron chi connectivity index (χ1n) is 8.89. The molecule has 0 unspecified atom stereocenters. The summed E-state index contributed by atoms with van der Waals surface area (Å²) in [6.45, 7) is 1.86. The first-order valence-corrected chi connectivity index (χ1v) is 9.96.